The smallest absolute Gasteiger partial charge is 0.255 e. The lowest BCUT2D eigenvalue weighted by Crippen LogP contribution is -2.47. The maximum atomic E-state index is 13.1. The standard InChI is InChI=1S/C23H40N4O3/c1-15(2)13-20(22(28)17(5)25)27-23(29)19-14-18(26-16(3)4)9-10-21(19)30-12-8-6-7-11-24/h9-10,14-17,20,26H,6-8,11-13,24-25H2,1-5H3,(H,27,29)/t17-,20+/m1/s1. The van der Waals surface area contributed by atoms with Crippen molar-refractivity contribution in [3.63, 3.8) is 0 Å². The zero-order valence-electron chi connectivity index (χ0n) is 19.2. The van der Waals surface area contributed by atoms with Gasteiger partial charge in [0.15, 0.2) is 5.78 Å². The van der Waals surface area contributed by atoms with Crippen LogP contribution in [-0.2, 0) is 4.79 Å². The number of anilines is 1. The van der Waals surface area contributed by atoms with Crippen LogP contribution in [0.15, 0.2) is 18.2 Å². The van der Waals surface area contributed by atoms with Gasteiger partial charge in [-0.3, -0.25) is 9.59 Å². The molecule has 0 saturated carbocycles. The molecule has 30 heavy (non-hydrogen) atoms. The van der Waals surface area contributed by atoms with Crippen LogP contribution in [0.5, 0.6) is 5.75 Å². The summed E-state index contributed by atoms with van der Waals surface area (Å²) in [6.45, 7) is 10.9. The number of nitrogens with one attached hydrogen (secondary N) is 2. The molecule has 0 aliphatic carbocycles. The summed E-state index contributed by atoms with van der Waals surface area (Å²) in [5.41, 5.74) is 12.6. The molecule has 1 aromatic rings. The van der Waals surface area contributed by atoms with Gasteiger partial charge in [0.25, 0.3) is 5.91 Å². The number of benzene rings is 1. The van der Waals surface area contributed by atoms with Crippen molar-refractivity contribution in [3.8, 4) is 5.75 Å². The number of carbonyl (C=O) groups excluding carboxylic acids is 2. The van der Waals surface area contributed by atoms with E-state index in [1.54, 1.807) is 19.1 Å². The molecule has 0 bridgehead atoms. The lowest BCUT2D eigenvalue weighted by molar-refractivity contribution is -0.122. The van der Waals surface area contributed by atoms with Crippen LogP contribution < -0.4 is 26.8 Å². The van der Waals surface area contributed by atoms with Crippen LogP contribution in [-0.4, -0.2) is 43.0 Å². The summed E-state index contributed by atoms with van der Waals surface area (Å²) >= 11 is 0. The van der Waals surface area contributed by atoms with Crippen LogP contribution in [0.3, 0.4) is 0 Å². The fourth-order valence-corrected chi connectivity index (χ4v) is 3.13. The Morgan fingerprint density at radius 3 is 2.33 bits per heavy atom. The summed E-state index contributed by atoms with van der Waals surface area (Å²) < 4.78 is 5.90. The van der Waals surface area contributed by atoms with Crippen molar-refractivity contribution < 1.29 is 14.3 Å². The minimum Gasteiger partial charge on any atom is -0.493 e. The first kappa shape index (κ1) is 25.9. The Hall–Kier alpha value is -2.12. The average Bonchev–Trinajstić information content (AvgIpc) is 2.66. The third kappa shape index (κ3) is 9.13. The minimum atomic E-state index is -0.638. The molecule has 7 nitrogen and oxygen atoms in total. The molecule has 0 unspecified atom stereocenters. The van der Waals surface area contributed by atoms with Gasteiger partial charge < -0.3 is 26.8 Å². The lowest BCUT2D eigenvalue weighted by Gasteiger charge is -2.22. The Bertz CT molecular complexity index is 674. The number of hydrogen-bond acceptors (Lipinski definition) is 6. The first-order valence-corrected chi connectivity index (χ1v) is 11.0. The van der Waals surface area contributed by atoms with Gasteiger partial charge in [0, 0.05) is 11.7 Å². The number of ketones is 1. The van der Waals surface area contributed by atoms with Gasteiger partial charge in [0.05, 0.1) is 24.3 Å². The summed E-state index contributed by atoms with van der Waals surface area (Å²) in [6, 6.07) is 4.42. The second kappa shape index (κ2) is 13.2. The maximum Gasteiger partial charge on any atom is 0.255 e. The second-order valence-corrected chi connectivity index (χ2v) is 8.55. The van der Waals surface area contributed by atoms with Crippen molar-refractivity contribution in [1.82, 2.24) is 5.32 Å². The quantitative estimate of drug-likeness (QED) is 0.343. The van der Waals surface area contributed by atoms with E-state index in [1.165, 1.54) is 0 Å². The minimum absolute atomic E-state index is 0.169. The normalized spacial score (nSPS) is 13.2. The van der Waals surface area contributed by atoms with Crippen molar-refractivity contribution in [2.45, 2.75) is 78.4 Å². The van der Waals surface area contributed by atoms with E-state index >= 15 is 0 Å². The van der Waals surface area contributed by atoms with Gasteiger partial charge in [0.2, 0.25) is 0 Å². The van der Waals surface area contributed by atoms with Gasteiger partial charge in [-0.1, -0.05) is 13.8 Å². The zero-order chi connectivity index (χ0) is 22.7. The molecular formula is C23H40N4O3. The zero-order valence-corrected chi connectivity index (χ0v) is 19.2. The Balaban J connectivity index is 3.05. The monoisotopic (exact) mass is 420 g/mol. The number of unbranched alkanes of at least 4 members (excludes halogenated alkanes) is 2. The highest BCUT2D eigenvalue weighted by atomic mass is 16.5. The van der Waals surface area contributed by atoms with E-state index < -0.39 is 12.1 Å². The van der Waals surface area contributed by atoms with Gasteiger partial charge in [-0.2, -0.15) is 0 Å². The largest absolute Gasteiger partial charge is 0.493 e. The molecule has 1 rings (SSSR count). The molecule has 0 aromatic heterocycles. The van der Waals surface area contributed by atoms with Gasteiger partial charge in [-0.15, -0.1) is 0 Å². The number of hydrogen-bond donors (Lipinski definition) is 4. The van der Waals surface area contributed by atoms with E-state index in [0.717, 1.165) is 24.9 Å². The number of nitrogens with two attached hydrogens (primary N) is 2. The third-order valence-electron chi connectivity index (χ3n) is 4.59. The van der Waals surface area contributed by atoms with Crippen LogP contribution in [0.1, 0.15) is 70.7 Å². The second-order valence-electron chi connectivity index (χ2n) is 8.55. The number of carbonyl (C=O) groups is 2. The molecule has 7 heteroatoms. The predicted molar refractivity (Wildman–Crippen MR) is 123 cm³/mol. The molecular weight excluding hydrogens is 380 g/mol. The Morgan fingerprint density at radius 2 is 1.77 bits per heavy atom. The van der Waals surface area contributed by atoms with E-state index in [4.69, 9.17) is 16.2 Å². The van der Waals surface area contributed by atoms with Gasteiger partial charge in [-0.05, 0) is 77.1 Å². The number of rotatable bonds is 14. The molecule has 0 heterocycles. The molecule has 0 fully saturated rings. The average molecular weight is 421 g/mol. The SMILES string of the molecule is CC(C)C[C@H](NC(=O)c1cc(NC(C)C)ccc1OCCCCCN)C(=O)[C@@H](C)N. The lowest BCUT2D eigenvalue weighted by atomic mass is 9.96. The van der Waals surface area contributed by atoms with Gasteiger partial charge in [0.1, 0.15) is 5.75 Å². The number of ether oxygens (including phenoxy) is 1. The van der Waals surface area contributed by atoms with Crippen molar-refractivity contribution in [2.75, 3.05) is 18.5 Å². The molecule has 2 atom stereocenters. The van der Waals surface area contributed by atoms with E-state index in [-0.39, 0.29) is 23.7 Å². The summed E-state index contributed by atoms with van der Waals surface area (Å²) in [6.07, 6.45) is 3.32. The van der Waals surface area contributed by atoms with Crippen molar-refractivity contribution >= 4 is 17.4 Å². The Labute approximate surface area is 181 Å². The first-order chi connectivity index (χ1) is 14.1. The molecule has 0 radical (unpaired) electrons. The van der Waals surface area contributed by atoms with Crippen molar-refractivity contribution in [3.05, 3.63) is 23.8 Å². The van der Waals surface area contributed by atoms with Crippen LogP contribution in [0.2, 0.25) is 0 Å². The van der Waals surface area contributed by atoms with E-state index in [2.05, 4.69) is 10.6 Å². The molecule has 0 spiro atoms. The highest BCUT2D eigenvalue weighted by molar-refractivity contribution is 6.01. The maximum absolute atomic E-state index is 13.1. The topological polar surface area (TPSA) is 119 Å². The molecule has 1 aromatic carbocycles. The summed E-state index contributed by atoms with van der Waals surface area (Å²) in [7, 11) is 0. The highest BCUT2D eigenvalue weighted by Gasteiger charge is 2.26. The van der Waals surface area contributed by atoms with Crippen LogP contribution in [0.25, 0.3) is 0 Å². The first-order valence-electron chi connectivity index (χ1n) is 11.0. The van der Waals surface area contributed by atoms with E-state index in [0.29, 0.717) is 30.9 Å². The number of amides is 1. The van der Waals surface area contributed by atoms with E-state index in [1.807, 2.05) is 33.8 Å². The fourth-order valence-electron chi connectivity index (χ4n) is 3.13. The van der Waals surface area contributed by atoms with Crippen molar-refractivity contribution in [1.29, 1.82) is 0 Å². The predicted octanol–water partition coefficient (Wildman–Crippen LogP) is 3.08. The van der Waals surface area contributed by atoms with E-state index in [9.17, 15) is 9.59 Å². The summed E-state index contributed by atoms with van der Waals surface area (Å²) in [5, 5.41) is 6.19. The third-order valence-corrected chi connectivity index (χ3v) is 4.59. The molecule has 0 aliphatic rings. The Morgan fingerprint density at radius 1 is 1.07 bits per heavy atom. The van der Waals surface area contributed by atoms with Crippen LogP contribution in [0, 0.1) is 5.92 Å². The fraction of sp³-hybridized carbons (Fsp3) is 0.652. The summed E-state index contributed by atoms with van der Waals surface area (Å²) in [4.78, 5) is 25.7. The summed E-state index contributed by atoms with van der Waals surface area (Å²) in [5.74, 6) is 0.244. The van der Waals surface area contributed by atoms with Crippen LogP contribution in [0.4, 0.5) is 5.69 Å². The molecule has 0 saturated heterocycles. The van der Waals surface area contributed by atoms with Gasteiger partial charge >= 0.3 is 0 Å². The number of Topliss-reactive ketones (excluding diaryl/α,β-unsaturated/α-hetero) is 1. The molecule has 0 aliphatic heterocycles. The van der Waals surface area contributed by atoms with Gasteiger partial charge in [-0.25, -0.2) is 0 Å². The van der Waals surface area contributed by atoms with Crippen LogP contribution >= 0.6 is 0 Å². The molecule has 170 valence electrons. The highest BCUT2D eigenvalue weighted by Crippen LogP contribution is 2.24. The molecule has 1 amide bonds. The van der Waals surface area contributed by atoms with Crippen molar-refractivity contribution in [2.24, 2.45) is 17.4 Å². The molecule has 6 N–H and O–H groups in total. The Kier molecular flexibility index (Phi) is 11.4.